The van der Waals surface area contributed by atoms with Gasteiger partial charge in [-0.1, -0.05) is 37.6 Å². The molecule has 0 spiro atoms. The van der Waals surface area contributed by atoms with Crippen LogP contribution in [0.3, 0.4) is 0 Å². The van der Waals surface area contributed by atoms with Crippen LogP contribution in [0.25, 0.3) is 0 Å². The molecule has 0 aliphatic rings. The Morgan fingerprint density at radius 3 is 2.70 bits per heavy atom. The molecule has 0 atom stereocenters. The molecule has 3 aromatic rings. The zero-order valence-corrected chi connectivity index (χ0v) is 18.8. The van der Waals surface area contributed by atoms with Gasteiger partial charge in [-0.2, -0.15) is 14.9 Å². The van der Waals surface area contributed by atoms with Gasteiger partial charge in [0.05, 0.1) is 13.3 Å². The van der Waals surface area contributed by atoms with E-state index in [0.29, 0.717) is 33.8 Å². The highest BCUT2D eigenvalue weighted by molar-refractivity contribution is 7.71. The van der Waals surface area contributed by atoms with Crippen LogP contribution in [-0.2, 0) is 6.61 Å². The predicted molar refractivity (Wildman–Crippen MR) is 123 cm³/mol. The Bertz CT molecular complexity index is 1070. The maximum atomic E-state index is 6.03. The molecule has 0 unspecified atom stereocenters. The minimum absolute atomic E-state index is 0.298. The van der Waals surface area contributed by atoms with Gasteiger partial charge in [0.25, 0.3) is 0 Å². The van der Waals surface area contributed by atoms with E-state index in [4.69, 9.17) is 33.3 Å². The molecule has 158 valence electrons. The lowest BCUT2D eigenvalue weighted by Gasteiger charge is -2.12. The number of rotatable bonds is 9. The zero-order valence-electron chi connectivity index (χ0n) is 17.3. The van der Waals surface area contributed by atoms with E-state index in [2.05, 4.69) is 29.1 Å². The van der Waals surface area contributed by atoms with Crippen molar-refractivity contribution in [2.75, 3.05) is 7.11 Å². The van der Waals surface area contributed by atoms with Gasteiger partial charge >= 0.3 is 0 Å². The fourth-order valence-corrected chi connectivity index (χ4v) is 3.53. The van der Waals surface area contributed by atoms with E-state index in [1.165, 1.54) is 0 Å². The van der Waals surface area contributed by atoms with Crippen LogP contribution >= 0.6 is 23.8 Å². The van der Waals surface area contributed by atoms with Gasteiger partial charge in [0, 0.05) is 10.9 Å². The molecule has 0 aliphatic heterocycles. The largest absolute Gasteiger partial charge is 0.493 e. The Morgan fingerprint density at radius 2 is 2.00 bits per heavy atom. The molecule has 1 aromatic heterocycles. The van der Waals surface area contributed by atoms with Gasteiger partial charge in [0.2, 0.25) is 4.77 Å². The molecule has 0 fully saturated rings. The van der Waals surface area contributed by atoms with E-state index in [9.17, 15) is 0 Å². The second-order valence-corrected chi connectivity index (χ2v) is 7.61. The number of aromatic amines is 1. The smallest absolute Gasteiger partial charge is 0.216 e. The van der Waals surface area contributed by atoms with E-state index < -0.39 is 0 Å². The minimum atomic E-state index is 0.298. The molecular weight excluding hydrogens is 420 g/mol. The molecule has 0 saturated carbocycles. The van der Waals surface area contributed by atoms with Crippen molar-refractivity contribution in [2.45, 2.75) is 39.2 Å². The molecule has 30 heavy (non-hydrogen) atoms. The van der Waals surface area contributed by atoms with Crippen molar-refractivity contribution < 1.29 is 9.47 Å². The Morgan fingerprint density at radius 1 is 1.20 bits per heavy atom. The summed E-state index contributed by atoms with van der Waals surface area (Å²) in [6.45, 7) is 4.66. The zero-order chi connectivity index (χ0) is 21.5. The second kappa shape index (κ2) is 10.4. The number of methoxy groups -OCH3 is 1. The average molecular weight is 445 g/mol. The summed E-state index contributed by atoms with van der Waals surface area (Å²) in [5, 5.41) is 12.4. The summed E-state index contributed by atoms with van der Waals surface area (Å²) in [6, 6.07) is 13.2. The lowest BCUT2D eigenvalue weighted by Crippen LogP contribution is -2.05. The van der Waals surface area contributed by atoms with Gasteiger partial charge in [0.1, 0.15) is 6.61 Å². The topological polar surface area (TPSA) is 64.4 Å². The highest BCUT2D eigenvalue weighted by atomic mass is 35.5. The molecule has 0 radical (unpaired) electrons. The normalized spacial score (nSPS) is 11.4. The fourth-order valence-electron chi connectivity index (χ4n) is 3.13. The van der Waals surface area contributed by atoms with Gasteiger partial charge in [0.15, 0.2) is 17.3 Å². The minimum Gasteiger partial charge on any atom is -0.493 e. The lowest BCUT2D eigenvalue weighted by molar-refractivity contribution is 0.284. The van der Waals surface area contributed by atoms with Crippen LogP contribution in [0.15, 0.2) is 47.6 Å². The maximum absolute atomic E-state index is 6.03. The van der Waals surface area contributed by atoms with E-state index in [0.717, 1.165) is 29.8 Å². The molecule has 6 nitrogen and oxygen atoms in total. The summed E-state index contributed by atoms with van der Waals surface area (Å²) in [4.78, 5) is 0. The maximum Gasteiger partial charge on any atom is 0.216 e. The molecule has 2 aromatic carbocycles. The molecule has 8 heteroatoms. The second-order valence-electron chi connectivity index (χ2n) is 6.79. The van der Waals surface area contributed by atoms with E-state index in [1.54, 1.807) is 18.0 Å². The number of nitrogens with one attached hydrogen (secondary N) is 1. The van der Waals surface area contributed by atoms with Crippen LogP contribution in [-0.4, -0.2) is 28.2 Å². The first-order valence-corrected chi connectivity index (χ1v) is 10.6. The van der Waals surface area contributed by atoms with Crippen LogP contribution in [0.1, 0.15) is 49.6 Å². The van der Waals surface area contributed by atoms with Crippen LogP contribution in [0.5, 0.6) is 11.5 Å². The third-order valence-corrected chi connectivity index (χ3v) is 5.32. The number of halogens is 1. The average Bonchev–Trinajstić information content (AvgIpc) is 3.12. The van der Waals surface area contributed by atoms with Crippen molar-refractivity contribution in [3.8, 4) is 11.5 Å². The Labute approximate surface area is 186 Å². The van der Waals surface area contributed by atoms with Gasteiger partial charge in [-0.05, 0) is 66.5 Å². The fraction of sp³-hybridized carbons (Fsp3) is 0.318. The highest BCUT2D eigenvalue weighted by Gasteiger charge is 2.15. The summed E-state index contributed by atoms with van der Waals surface area (Å²) in [5.74, 6) is 2.41. The summed E-state index contributed by atoms with van der Waals surface area (Å²) in [7, 11) is 1.61. The lowest BCUT2D eigenvalue weighted by atomic mass is 10.0. The molecule has 3 rings (SSSR count). The molecule has 0 aliphatic carbocycles. The van der Waals surface area contributed by atoms with Crippen LogP contribution in [0.4, 0.5) is 0 Å². The first-order chi connectivity index (χ1) is 14.5. The van der Waals surface area contributed by atoms with Crippen molar-refractivity contribution in [1.29, 1.82) is 0 Å². The number of hydrogen-bond donors (Lipinski definition) is 1. The van der Waals surface area contributed by atoms with Crippen molar-refractivity contribution in [3.63, 3.8) is 0 Å². The van der Waals surface area contributed by atoms with Crippen LogP contribution in [0, 0.1) is 4.77 Å². The Kier molecular flexibility index (Phi) is 7.65. The van der Waals surface area contributed by atoms with Gasteiger partial charge in [-0.25, -0.2) is 0 Å². The Hall–Kier alpha value is -2.64. The first kappa shape index (κ1) is 22.1. The number of hydrogen-bond acceptors (Lipinski definition) is 5. The third kappa shape index (κ3) is 5.29. The van der Waals surface area contributed by atoms with Crippen LogP contribution < -0.4 is 9.47 Å². The summed E-state index contributed by atoms with van der Waals surface area (Å²) >= 11 is 11.4. The highest BCUT2D eigenvalue weighted by Crippen LogP contribution is 2.29. The molecule has 1 N–H and O–H groups in total. The number of H-pyrrole nitrogens is 1. The summed E-state index contributed by atoms with van der Waals surface area (Å²) in [5.41, 5.74) is 1.85. The molecule has 0 amide bonds. The van der Waals surface area contributed by atoms with Gasteiger partial charge in [-0.15, -0.1) is 0 Å². The van der Waals surface area contributed by atoms with Crippen molar-refractivity contribution in [2.24, 2.45) is 5.10 Å². The monoisotopic (exact) mass is 444 g/mol. The number of nitrogens with zero attached hydrogens (tertiary/aromatic N) is 3. The summed E-state index contributed by atoms with van der Waals surface area (Å²) < 4.78 is 13.6. The third-order valence-electron chi connectivity index (χ3n) is 4.82. The van der Waals surface area contributed by atoms with Crippen molar-refractivity contribution in [1.82, 2.24) is 14.9 Å². The summed E-state index contributed by atoms with van der Waals surface area (Å²) in [6.07, 6.45) is 3.68. The quantitative estimate of drug-likeness (QED) is 0.326. The van der Waals surface area contributed by atoms with E-state index in [-0.39, 0.29) is 0 Å². The standard InChI is InChI=1S/C22H25ClN4O2S/c1-4-17(5-2)21-25-26-22(30)27(21)24-13-15-9-10-19(20(12-15)28-3)29-14-16-7-6-8-18(23)11-16/h6-13,17H,4-5,14H2,1-3H3,(H,26,30)/b24-13-. The number of aromatic nitrogens is 3. The van der Waals surface area contributed by atoms with Gasteiger partial charge in [-0.3, -0.25) is 5.10 Å². The number of ether oxygens (including phenoxy) is 2. The SMILES string of the molecule is CCC(CC)c1n[nH]c(=S)n1/N=C\c1ccc(OCc2cccc(Cl)c2)c(OC)c1. The Balaban J connectivity index is 1.78. The van der Waals surface area contributed by atoms with Crippen LogP contribution in [0.2, 0.25) is 5.02 Å². The van der Waals surface area contributed by atoms with E-state index in [1.807, 2.05) is 42.5 Å². The molecular formula is C22H25ClN4O2S. The van der Waals surface area contributed by atoms with Crippen molar-refractivity contribution in [3.05, 3.63) is 69.2 Å². The van der Waals surface area contributed by atoms with E-state index >= 15 is 0 Å². The number of benzene rings is 2. The first-order valence-electron chi connectivity index (χ1n) is 9.82. The van der Waals surface area contributed by atoms with Gasteiger partial charge < -0.3 is 9.47 Å². The molecule has 1 heterocycles. The predicted octanol–water partition coefficient (Wildman–Crippen LogP) is 5.97. The molecule has 0 saturated heterocycles. The van der Waals surface area contributed by atoms with Crippen molar-refractivity contribution >= 4 is 30.0 Å². The molecule has 0 bridgehead atoms.